The van der Waals surface area contributed by atoms with E-state index in [4.69, 9.17) is 5.73 Å². The van der Waals surface area contributed by atoms with Crippen LogP contribution in [-0.4, -0.2) is 24.7 Å². The van der Waals surface area contributed by atoms with Crippen LogP contribution in [0.3, 0.4) is 0 Å². The summed E-state index contributed by atoms with van der Waals surface area (Å²) < 4.78 is 40.4. The number of amides is 1. The molecule has 1 amide bonds. The second-order valence-corrected chi connectivity index (χ2v) is 5.22. The summed E-state index contributed by atoms with van der Waals surface area (Å²) in [7, 11) is 0. The van der Waals surface area contributed by atoms with Crippen LogP contribution in [0.25, 0.3) is 0 Å². The topological polar surface area (TPSA) is 64.4 Å². The highest BCUT2D eigenvalue weighted by Crippen LogP contribution is 2.15. The fourth-order valence-corrected chi connectivity index (χ4v) is 1.69. The number of carbonyl (C=O) groups is 1. The van der Waals surface area contributed by atoms with Gasteiger partial charge in [0.1, 0.15) is 6.61 Å². The monoisotopic (exact) mass is 354 g/mol. The van der Waals surface area contributed by atoms with Crippen molar-refractivity contribution in [2.24, 2.45) is 5.73 Å². The van der Waals surface area contributed by atoms with Gasteiger partial charge in [-0.1, -0.05) is 24.3 Å². The molecular weight excluding hydrogens is 333 g/mol. The third-order valence-corrected chi connectivity index (χ3v) is 2.87. The SMILES string of the molecule is CC(N)CCC(=O)NCc1ccc(COCC(F)(F)F)cc1.Cl. The highest BCUT2D eigenvalue weighted by molar-refractivity contribution is 5.85. The average Bonchev–Trinajstić information content (AvgIpc) is 2.43. The summed E-state index contributed by atoms with van der Waals surface area (Å²) in [6.45, 7) is 0.860. The lowest BCUT2D eigenvalue weighted by molar-refractivity contribution is -0.176. The first-order valence-electron chi connectivity index (χ1n) is 7.01. The lowest BCUT2D eigenvalue weighted by Crippen LogP contribution is -2.25. The number of hydrogen-bond donors (Lipinski definition) is 2. The predicted octanol–water partition coefficient (Wildman–Crippen LogP) is 2.93. The molecule has 1 atom stereocenters. The summed E-state index contributed by atoms with van der Waals surface area (Å²) in [5, 5.41) is 2.76. The minimum Gasteiger partial charge on any atom is -0.367 e. The molecule has 0 aliphatic heterocycles. The normalized spacial score (nSPS) is 12.4. The fourth-order valence-electron chi connectivity index (χ4n) is 1.69. The first-order chi connectivity index (χ1) is 10.3. The molecule has 23 heavy (non-hydrogen) atoms. The Balaban J connectivity index is 0.00000484. The Morgan fingerprint density at radius 2 is 1.83 bits per heavy atom. The van der Waals surface area contributed by atoms with Crippen molar-refractivity contribution in [3.05, 3.63) is 35.4 Å². The van der Waals surface area contributed by atoms with Crippen molar-refractivity contribution < 1.29 is 22.7 Å². The minimum absolute atomic E-state index is 0. The van der Waals surface area contributed by atoms with Gasteiger partial charge in [0.25, 0.3) is 0 Å². The molecule has 0 heterocycles. The Morgan fingerprint density at radius 3 is 2.35 bits per heavy atom. The Morgan fingerprint density at radius 1 is 1.26 bits per heavy atom. The Hall–Kier alpha value is -1.31. The summed E-state index contributed by atoms with van der Waals surface area (Å²) in [6, 6.07) is 6.84. The molecule has 1 rings (SSSR count). The van der Waals surface area contributed by atoms with Crippen LogP contribution >= 0.6 is 12.4 Å². The van der Waals surface area contributed by atoms with Gasteiger partial charge in [-0.25, -0.2) is 0 Å². The molecule has 0 bridgehead atoms. The quantitative estimate of drug-likeness (QED) is 0.754. The van der Waals surface area contributed by atoms with E-state index in [0.717, 1.165) is 5.56 Å². The van der Waals surface area contributed by atoms with Crippen LogP contribution in [0.4, 0.5) is 13.2 Å². The average molecular weight is 355 g/mol. The van der Waals surface area contributed by atoms with E-state index >= 15 is 0 Å². The van der Waals surface area contributed by atoms with Gasteiger partial charge in [0.2, 0.25) is 5.91 Å². The number of benzene rings is 1. The lowest BCUT2D eigenvalue weighted by atomic mass is 10.1. The van der Waals surface area contributed by atoms with Crippen LogP contribution in [0.1, 0.15) is 30.9 Å². The van der Waals surface area contributed by atoms with Gasteiger partial charge in [-0.05, 0) is 24.5 Å². The van der Waals surface area contributed by atoms with E-state index < -0.39 is 12.8 Å². The number of carbonyl (C=O) groups excluding carboxylic acids is 1. The van der Waals surface area contributed by atoms with Crippen molar-refractivity contribution in [3.8, 4) is 0 Å². The smallest absolute Gasteiger partial charge is 0.367 e. The molecule has 8 heteroatoms. The zero-order valence-corrected chi connectivity index (χ0v) is 13.7. The zero-order valence-electron chi connectivity index (χ0n) is 12.9. The zero-order chi connectivity index (χ0) is 16.6. The Kier molecular flexibility index (Phi) is 9.87. The van der Waals surface area contributed by atoms with Gasteiger partial charge in [0, 0.05) is 19.0 Å². The van der Waals surface area contributed by atoms with E-state index in [-0.39, 0.29) is 31.0 Å². The summed E-state index contributed by atoms with van der Waals surface area (Å²) >= 11 is 0. The molecule has 0 saturated heterocycles. The molecule has 0 aliphatic carbocycles. The molecule has 0 aliphatic rings. The number of ether oxygens (including phenoxy) is 1. The van der Waals surface area contributed by atoms with Crippen LogP contribution < -0.4 is 11.1 Å². The van der Waals surface area contributed by atoms with Crippen LogP contribution in [0.15, 0.2) is 24.3 Å². The molecule has 1 aromatic rings. The number of halogens is 4. The number of alkyl halides is 3. The van der Waals surface area contributed by atoms with Gasteiger partial charge in [-0.15, -0.1) is 12.4 Å². The van der Waals surface area contributed by atoms with Crippen molar-refractivity contribution in [1.29, 1.82) is 0 Å². The third-order valence-electron chi connectivity index (χ3n) is 2.87. The molecule has 0 spiro atoms. The minimum atomic E-state index is -4.31. The summed E-state index contributed by atoms with van der Waals surface area (Å²) in [6.07, 6.45) is -3.31. The number of hydrogen-bond acceptors (Lipinski definition) is 3. The van der Waals surface area contributed by atoms with Crippen molar-refractivity contribution in [3.63, 3.8) is 0 Å². The largest absolute Gasteiger partial charge is 0.411 e. The molecule has 4 nitrogen and oxygen atoms in total. The van der Waals surface area contributed by atoms with E-state index in [1.165, 1.54) is 0 Å². The maximum atomic E-state index is 11.9. The third kappa shape index (κ3) is 11.0. The maximum Gasteiger partial charge on any atom is 0.411 e. The summed E-state index contributed by atoms with van der Waals surface area (Å²) in [5.41, 5.74) is 7.09. The lowest BCUT2D eigenvalue weighted by Gasteiger charge is -2.09. The molecule has 132 valence electrons. The molecule has 3 N–H and O–H groups in total. The van der Waals surface area contributed by atoms with Crippen LogP contribution in [0, 0.1) is 0 Å². The second kappa shape index (κ2) is 10.5. The van der Waals surface area contributed by atoms with E-state index in [1.807, 2.05) is 6.92 Å². The highest BCUT2D eigenvalue weighted by Gasteiger charge is 2.27. The first-order valence-corrected chi connectivity index (χ1v) is 7.01. The Bertz CT molecular complexity index is 465. The number of nitrogens with two attached hydrogens (primary N) is 1. The van der Waals surface area contributed by atoms with Crippen LogP contribution in [0.2, 0.25) is 0 Å². The van der Waals surface area contributed by atoms with Gasteiger partial charge < -0.3 is 15.8 Å². The van der Waals surface area contributed by atoms with E-state index in [0.29, 0.717) is 24.9 Å². The Labute approximate surface area is 140 Å². The fraction of sp³-hybridized carbons (Fsp3) is 0.533. The molecule has 1 aromatic carbocycles. The van der Waals surface area contributed by atoms with Crippen molar-refractivity contribution >= 4 is 18.3 Å². The predicted molar refractivity (Wildman–Crippen MR) is 84.1 cm³/mol. The van der Waals surface area contributed by atoms with Gasteiger partial charge in [0.15, 0.2) is 0 Å². The van der Waals surface area contributed by atoms with E-state index in [9.17, 15) is 18.0 Å². The molecule has 1 unspecified atom stereocenters. The van der Waals surface area contributed by atoms with Crippen molar-refractivity contribution in [1.82, 2.24) is 5.32 Å². The maximum absolute atomic E-state index is 11.9. The van der Waals surface area contributed by atoms with Crippen molar-refractivity contribution in [2.75, 3.05) is 6.61 Å². The van der Waals surface area contributed by atoms with Gasteiger partial charge in [-0.2, -0.15) is 13.2 Å². The molecule has 0 aromatic heterocycles. The number of rotatable bonds is 8. The second-order valence-electron chi connectivity index (χ2n) is 5.22. The first kappa shape index (κ1) is 21.7. The standard InChI is InChI=1S/C15H21F3N2O2.ClH/c1-11(19)2-7-14(21)20-8-12-3-5-13(6-4-12)9-22-10-15(16,17)18;/h3-6,11H,2,7-10,19H2,1H3,(H,20,21);1H. The van der Waals surface area contributed by atoms with Gasteiger partial charge in [-0.3, -0.25) is 4.79 Å². The molecular formula is C15H22ClF3N2O2. The van der Waals surface area contributed by atoms with Crippen LogP contribution in [0.5, 0.6) is 0 Å². The number of nitrogens with one attached hydrogen (secondary N) is 1. The molecule has 0 radical (unpaired) electrons. The molecule has 0 fully saturated rings. The van der Waals surface area contributed by atoms with Crippen LogP contribution in [-0.2, 0) is 22.7 Å². The highest BCUT2D eigenvalue weighted by atomic mass is 35.5. The van der Waals surface area contributed by atoms with Gasteiger partial charge >= 0.3 is 6.18 Å². The summed E-state index contributed by atoms with van der Waals surface area (Å²) in [4.78, 5) is 11.5. The van der Waals surface area contributed by atoms with E-state index in [2.05, 4.69) is 10.1 Å². The van der Waals surface area contributed by atoms with E-state index in [1.54, 1.807) is 24.3 Å². The summed E-state index contributed by atoms with van der Waals surface area (Å²) in [5.74, 6) is -0.0742. The van der Waals surface area contributed by atoms with Crippen molar-refractivity contribution in [2.45, 2.75) is 45.1 Å². The van der Waals surface area contributed by atoms with Gasteiger partial charge in [0.05, 0.1) is 6.61 Å². The molecule has 0 saturated carbocycles.